The number of aromatic nitrogens is 1. The van der Waals surface area contributed by atoms with Crippen LogP contribution in [-0.2, 0) is 21.6 Å². The van der Waals surface area contributed by atoms with Crippen LogP contribution in [0.5, 0.6) is 0 Å². The molecule has 2 heterocycles. The summed E-state index contributed by atoms with van der Waals surface area (Å²) in [6.45, 7) is 2.19. The highest BCUT2D eigenvalue weighted by atomic mass is 19.4. The van der Waals surface area contributed by atoms with E-state index in [1.165, 1.54) is 23.0 Å². The molecule has 1 aliphatic rings. The van der Waals surface area contributed by atoms with Gasteiger partial charge < -0.3 is 9.30 Å². The molecule has 1 saturated heterocycles. The van der Waals surface area contributed by atoms with Gasteiger partial charge in [0.15, 0.2) is 0 Å². The normalized spacial score (nSPS) is 23.0. The summed E-state index contributed by atoms with van der Waals surface area (Å²) in [7, 11) is 0. The second kappa shape index (κ2) is 6.09. The van der Waals surface area contributed by atoms with Crippen molar-refractivity contribution in [1.82, 2.24) is 9.88 Å². The number of halogens is 3. The maximum atomic E-state index is 13.5. The largest absolute Gasteiger partial charge is 0.465 e. The van der Waals surface area contributed by atoms with Crippen LogP contribution < -0.4 is 5.32 Å². The first-order valence-electron chi connectivity index (χ1n) is 7.02. The van der Waals surface area contributed by atoms with Crippen molar-refractivity contribution < 1.29 is 22.7 Å². The molecule has 118 valence electrons. The van der Waals surface area contributed by atoms with Crippen LogP contribution in [0.3, 0.4) is 0 Å². The predicted octanol–water partition coefficient (Wildman–Crippen LogP) is 2.58. The van der Waals surface area contributed by atoms with Gasteiger partial charge in [-0.25, -0.2) is 0 Å². The van der Waals surface area contributed by atoms with E-state index in [1.54, 1.807) is 6.92 Å². The molecule has 0 bridgehead atoms. The number of hydrogen-bond acceptors (Lipinski definition) is 3. The second-order valence-corrected chi connectivity index (χ2v) is 5.16. The van der Waals surface area contributed by atoms with E-state index in [0.717, 1.165) is 6.42 Å². The number of alkyl halides is 3. The van der Waals surface area contributed by atoms with Crippen molar-refractivity contribution in [3.63, 3.8) is 0 Å². The zero-order chi connectivity index (χ0) is 15.5. The van der Waals surface area contributed by atoms with Crippen LogP contribution in [0.4, 0.5) is 13.2 Å². The molecule has 7 heteroatoms. The third kappa shape index (κ3) is 3.23. The molecule has 2 rings (SSSR count). The van der Waals surface area contributed by atoms with E-state index in [2.05, 4.69) is 5.32 Å². The molecule has 0 aliphatic carbocycles. The molecule has 21 heavy (non-hydrogen) atoms. The average molecular weight is 304 g/mol. The number of nitrogens with one attached hydrogen (secondary N) is 1. The fourth-order valence-electron chi connectivity index (χ4n) is 2.70. The van der Waals surface area contributed by atoms with Gasteiger partial charge in [-0.1, -0.05) is 0 Å². The van der Waals surface area contributed by atoms with Crippen molar-refractivity contribution in [3.8, 4) is 0 Å². The minimum absolute atomic E-state index is 0.0138. The number of rotatable bonds is 4. The Balaban J connectivity index is 2.22. The van der Waals surface area contributed by atoms with Crippen molar-refractivity contribution in [2.75, 3.05) is 13.2 Å². The van der Waals surface area contributed by atoms with E-state index in [-0.39, 0.29) is 25.1 Å². The minimum atomic E-state index is -4.37. The SMILES string of the molecule is CCOC(=O)Cn1ccc(C2(C(F)(F)F)CCCCN2)c1. The number of ether oxygens (including phenoxy) is 1. The molecular formula is C14H19F3N2O2. The van der Waals surface area contributed by atoms with Gasteiger partial charge >= 0.3 is 12.1 Å². The van der Waals surface area contributed by atoms with Crippen LogP contribution in [0, 0.1) is 0 Å². The quantitative estimate of drug-likeness (QED) is 0.870. The van der Waals surface area contributed by atoms with Gasteiger partial charge in [0, 0.05) is 12.4 Å². The van der Waals surface area contributed by atoms with Gasteiger partial charge in [-0.15, -0.1) is 0 Å². The maximum absolute atomic E-state index is 13.5. The molecule has 0 saturated carbocycles. The van der Waals surface area contributed by atoms with Gasteiger partial charge in [0.2, 0.25) is 0 Å². The molecule has 4 nitrogen and oxygen atoms in total. The Morgan fingerprint density at radius 1 is 1.48 bits per heavy atom. The summed E-state index contributed by atoms with van der Waals surface area (Å²) >= 11 is 0. The van der Waals surface area contributed by atoms with Crippen LogP contribution in [0.15, 0.2) is 18.5 Å². The summed E-state index contributed by atoms with van der Waals surface area (Å²) in [5, 5.41) is 2.63. The first-order valence-corrected chi connectivity index (χ1v) is 7.02. The maximum Gasteiger partial charge on any atom is 0.410 e. The molecule has 1 atom stereocenters. The molecule has 1 fully saturated rings. The zero-order valence-corrected chi connectivity index (χ0v) is 11.9. The first-order chi connectivity index (χ1) is 9.89. The summed E-state index contributed by atoms with van der Waals surface area (Å²) in [6, 6.07) is 1.42. The second-order valence-electron chi connectivity index (χ2n) is 5.16. The van der Waals surface area contributed by atoms with E-state index >= 15 is 0 Å². The van der Waals surface area contributed by atoms with Gasteiger partial charge in [-0.2, -0.15) is 13.2 Å². The molecule has 0 amide bonds. The van der Waals surface area contributed by atoms with E-state index in [9.17, 15) is 18.0 Å². The molecule has 0 aromatic carbocycles. The van der Waals surface area contributed by atoms with E-state index in [4.69, 9.17) is 4.74 Å². The number of nitrogens with zero attached hydrogens (tertiary/aromatic N) is 1. The van der Waals surface area contributed by atoms with Crippen LogP contribution in [0.1, 0.15) is 31.7 Å². The van der Waals surface area contributed by atoms with Crippen molar-refractivity contribution in [1.29, 1.82) is 0 Å². The molecule has 1 N–H and O–H groups in total. The monoisotopic (exact) mass is 304 g/mol. The number of esters is 1. The summed E-state index contributed by atoms with van der Waals surface area (Å²) in [6.07, 6.45) is -0.237. The standard InChI is InChI=1S/C14H19F3N2O2/c1-2-21-12(20)10-19-8-5-11(9-19)13(14(15,16)17)6-3-4-7-18-13/h5,8-9,18H,2-4,6-7,10H2,1H3. The molecule has 1 aromatic rings. The van der Waals surface area contributed by atoms with Crippen LogP contribution >= 0.6 is 0 Å². The Morgan fingerprint density at radius 2 is 2.24 bits per heavy atom. The lowest BCUT2D eigenvalue weighted by molar-refractivity contribution is -0.207. The third-order valence-corrected chi connectivity index (χ3v) is 3.75. The van der Waals surface area contributed by atoms with Crippen LogP contribution in [-0.4, -0.2) is 29.9 Å². The summed E-state index contributed by atoms with van der Waals surface area (Å²) in [5.41, 5.74) is -1.86. The topological polar surface area (TPSA) is 43.3 Å². The first kappa shape index (κ1) is 15.9. The molecular weight excluding hydrogens is 285 g/mol. The van der Waals surface area contributed by atoms with Gasteiger partial charge in [0.1, 0.15) is 12.1 Å². The van der Waals surface area contributed by atoms with Gasteiger partial charge in [0.05, 0.1) is 6.61 Å². The molecule has 1 aliphatic heterocycles. The smallest absolute Gasteiger partial charge is 0.410 e. The van der Waals surface area contributed by atoms with Gasteiger partial charge in [0.25, 0.3) is 0 Å². The lowest BCUT2D eigenvalue weighted by Gasteiger charge is -2.39. The summed E-state index contributed by atoms with van der Waals surface area (Å²) in [4.78, 5) is 11.4. The average Bonchev–Trinajstić information content (AvgIpc) is 2.87. The highest BCUT2D eigenvalue weighted by Gasteiger charge is 2.56. The van der Waals surface area contributed by atoms with E-state index in [1.807, 2.05) is 0 Å². The van der Waals surface area contributed by atoms with Gasteiger partial charge in [-0.3, -0.25) is 10.1 Å². The Hall–Kier alpha value is -1.50. The lowest BCUT2D eigenvalue weighted by Crippen LogP contribution is -2.56. The minimum Gasteiger partial charge on any atom is -0.465 e. The molecule has 0 radical (unpaired) electrons. The van der Waals surface area contributed by atoms with E-state index < -0.39 is 17.7 Å². The summed E-state index contributed by atoms with van der Waals surface area (Å²) < 4.78 is 46.8. The molecule has 1 unspecified atom stereocenters. The van der Waals surface area contributed by atoms with E-state index in [0.29, 0.717) is 13.0 Å². The lowest BCUT2D eigenvalue weighted by atomic mass is 9.83. The zero-order valence-electron chi connectivity index (χ0n) is 11.9. The Labute approximate surface area is 121 Å². The predicted molar refractivity (Wildman–Crippen MR) is 70.7 cm³/mol. The van der Waals surface area contributed by atoms with Crippen molar-refractivity contribution in [3.05, 3.63) is 24.0 Å². The molecule has 0 spiro atoms. The van der Waals surface area contributed by atoms with Crippen LogP contribution in [0.2, 0.25) is 0 Å². The Morgan fingerprint density at radius 3 is 2.81 bits per heavy atom. The number of carbonyl (C=O) groups excluding carboxylic acids is 1. The van der Waals surface area contributed by atoms with Gasteiger partial charge in [-0.05, 0) is 44.4 Å². The fourth-order valence-corrected chi connectivity index (χ4v) is 2.70. The number of hydrogen-bond donors (Lipinski definition) is 1. The van der Waals surface area contributed by atoms with Crippen molar-refractivity contribution in [2.45, 2.75) is 44.4 Å². The highest BCUT2D eigenvalue weighted by Crippen LogP contribution is 2.44. The summed E-state index contributed by atoms with van der Waals surface area (Å²) in [5.74, 6) is -0.461. The number of piperidine rings is 1. The van der Waals surface area contributed by atoms with Crippen molar-refractivity contribution in [2.24, 2.45) is 0 Å². The fraction of sp³-hybridized carbons (Fsp3) is 0.643. The molecule has 1 aromatic heterocycles. The van der Waals surface area contributed by atoms with Crippen molar-refractivity contribution >= 4 is 5.97 Å². The number of carbonyl (C=O) groups is 1. The Kier molecular flexibility index (Phi) is 4.61. The Bertz CT molecular complexity index is 491. The highest BCUT2D eigenvalue weighted by molar-refractivity contribution is 5.69. The third-order valence-electron chi connectivity index (χ3n) is 3.75. The van der Waals surface area contributed by atoms with Crippen LogP contribution in [0.25, 0.3) is 0 Å².